The second-order valence-electron chi connectivity index (χ2n) is 26.6. The van der Waals surface area contributed by atoms with Crippen molar-refractivity contribution in [2.45, 2.75) is 341 Å². The van der Waals surface area contributed by atoms with Crippen LogP contribution in [0.3, 0.4) is 0 Å². The van der Waals surface area contributed by atoms with Gasteiger partial charge in [0.2, 0.25) is 0 Å². The van der Waals surface area contributed by atoms with E-state index in [0.29, 0.717) is 32.1 Å². The van der Waals surface area contributed by atoms with E-state index < -0.39 is 97.5 Å². The molecule has 5 atom stereocenters. The van der Waals surface area contributed by atoms with Gasteiger partial charge in [-0.05, 0) is 109 Å². The Kier molecular flexibility index (Phi) is 72.9. The molecule has 0 heterocycles. The number of phosphoric ester groups is 2. The third kappa shape index (κ3) is 75.4. The van der Waals surface area contributed by atoms with E-state index in [4.69, 9.17) is 37.0 Å². The van der Waals surface area contributed by atoms with Gasteiger partial charge in [-0.25, -0.2) is 9.13 Å². The summed E-state index contributed by atoms with van der Waals surface area (Å²) < 4.78 is 68.5. The highest BCUT2D eigenvalue weighted by atomic mass is 31.2. The average Bonchev–Trinajstić information content (AvgIpc) is 0.926. The van der Waals surface area contributed by atoms with Crippen LogP contribution >= 0.6 is 15.6 Å². The van der Waals surface area contributed by atoms with E-state index in [-0.39, 0.29) is 25.7 Å². The Balaban J connectivity index is 5.43. The molecule has 0 spiro atoms. The molecule has 0 aliphatic carbocycles. The van der Waals surface area contributed by atoms with Gasteiger partial charge in [0.25, 0.3) is 0 Å². The van der Waals surface area contributed by atoms with Crippen LogP contribution in [0, 0.1) is 0 Å². The molecule has 104 heavy (non-hydrogen) atoms. The van der Waals surface area contributed by atoms with Crippen molar-refractivity contribution in [3.63, 3.8) is 0 Å². The highest BCUT2D eigenvalue weighted by Gasteiger charge is 2.30. The lowest BCUT2D eigenvalue weighted by molar-refractivity contribution is -0.161. The summed E-state index contributed by atoms with van der Waals surface area (Å²) in [7, 11) is -9.99. The summed E-state index contributed by atoms with van der Waals surface area (Å²) in [5.74, 6) is -2.30. The third-order valence-electron chi connectivity index (χ3n) is 16.7. The van der Waals surface area contributed by atoms with Crippen LogP contribution < -0.4 is 0 Å². The van der Waals surface area contributed by atoms with Crippen LogP contribution in [-0.2, 0) is 65.4 Å². The number of unbranched alkanes of at least 4 members (excludes halogenated alkanes) is 27. The van der Waals surface area contributed by atoms with E-state index in [1.54, 1.807) is 0 Å². The number of aliphatic hydroxyl groups is 1. The zero-order chi connectivity index (χ0) is 76.0. The van der Waals surface area contributed by atoms with E-state index >= 15 is 0 Å². The van der Waals surface area contributed by atoms with Gasteiger partial charge in [-0.3, -0.25) is 37.3 Å². The fourth-order valence-corrected chi connectivity index (χ4v) is 12.1. The highest BCUT2D eigenvalue weighted by molar-refractivity contribution is 7.47. The number of aliphatic hydroxyl groups excluding tert-OH is 1. The molecule has 0 radical (unpaired) electrons. The SMILES string of the molecule is CC/C=C\C/C=C\C/C=C\C/C=C\C/C=C\C/C=C\CCC(=O)OC[C@H](COP(=O)(O)OC[C@@H](O)COP(=O)(O)OC[C@@H](COC(=O)CCCCCCCCCCCCCCC)OC(=O)CCCCC/C=C\C/C=C\C/C=C\C/C=C\C/C=C\CC)OC(=O)CCCCCCCCCCCCCCC. The Morgan fingerprint density at radius 1 is 0.279 bits per heavy atom. The van der Waals surface area contributed by atoms with E-state index in [1.165, 1.54) is 109 Å². The summed E-state index contributed by atoms with van der Waals surface area (Å²) in [5, 5.41) is 10.6. The van der Waals surface area contributed by atoms with Gasteiger partial charge in [-0.1, -0.05) is 322 Å². The number of rotatable bonds is 75. The van der Waals surface area contributed by atoms with Crippen molar-refractivity contribution in [2.24, 2.45) is 0 Å². The molecule has 0 aliphatic heterocycles. The molecule has 19 heteroatoms. The lowest BCUT2D eigenvalue weighted by atomic mass is 10.0. The largest absolute Gasteiger partial charge is 0.472 e. The standard InChI is InChI=1S/C85H144O17P2/c1-5-9-13-17-21-25-29-33-35-37-39-41-43-47-50-54-58-62-66-70-83(88)96-76-80(101-84(89)71-67-63-59-55-51-46-32-28-24-20-16-12-8-4)77-99-103(91,92)97-73-79(86)74-98-104(93,94)100-78-81(75-95-82(87)69-65-61-57-53-49-45-31-27-23-19-15-11-7-3)102-85(90)72-68-64-60-56-52-48-44-42-40-38-36-34-30-26-22-18-14-10-6-2/h9-10,13-14,21-22,25-26,33-36,39-42,47-48,50,52,58,62,79-81,86H,5-8,11-12,15-20,23-24,27-32,37-38,43-46,49,51,53-57,59-61,63-78H2,1-4H3,(H,91,92)(H,93,94)/b13-9-,14-10-,25-21-,26-22-,35-33-,36-34-,41-39-,42-40-,50-47-,52-48-,62-58-/t79-,80-,81-/m1/s1. The molecule has 0 saturated heterocycles. The first-order valence-corrected chi connectivity index (χ1v) is 43.4. The van der Waals surface area contributed by atoms with Gasteiger partial charge in [0, 0.05) is 25.7 Å². The van der Waals surface area contributed by atoms with Gasteiger partial charge in [-0.15, -0.1) is 0 Å². The van der Waals surface area contributed by atoms with Gasteiger partial charge in [-0.2, -0.15) is 0 Å². The maximum Gasteiger partial charge on any atom is 0.472 e. The minimum Gasteiger partial charge on any atom is -0.462 e. The van der Waals surface area contributed by atoms with Crippen LogP contribution in [0.15, 0.2) is 134 Å². The minimum absolute atomic E-state index is 0.0351. The second kappa shape index (κ2) is 76.4. The average molecular weight is 1500 g/mol. The quantitative estimate of drug-likeness (QED) is 0.0169. The molecule has 0 rings (SSSR count). The second-order valence-corrected chi connectivity index (χ2v) is 29.5. The monoisotopic (exact) mass is 1500 g/mol. The maximum absolute atomic E-state index is 13.1. The number of carbonyl (C=O) groups excluding carboxylic acids is 4. The van der Waals surface area contributed by atoms with E-state index in [0.717, 1.165) is 128 Å². The smallest absolute Gasteiger partial charge is 0.462 e. The van der Waals surface area contributed by atoms with Crippen LogP contribution in [0.2, 0.25) is 0 Å². The van der Waals surface area contributed by atoms with Crippen LogP contribution in [0.5, 0.6) is 0 Å². The molecule has 0 aromatic heterocycles. The topological polar surface area (TPSA) is 237 Å². The van der Waals surface area contributed by atoms with Crippen molar-refractivity contribution in [3.8, 4) is 0 Å². The number of carbonyl (C=O) groups is 4. The lowest BCUT2D eigenvalue weighted by Crippen LogP contribution is -2.30. The Morgan fingerprint density at radius 2 is 0.519 bits per heavy atom. The number of phosphoric acid groups is 2. The summed E-state index contributed by atoms with van der Waals surface area (Å²) in [5.41, 5.74) is 0. The summed E-state index contributed by atoms with van der Waals surface area (Å²) >= 11 is 0. The molecule has 0 aromatic rings. The van der Waals surface area contributed by atoms with Gasteiger partial charge in [0.05, 0.1) is 26.4 Å². The zero-order valence-electron chi connectivity index (χ0n) is 65.2. The molecule has 0 fully saturated rings. The highest BCUT2D eigenvalue weighted by Crippen LogP contribution is 2.45. The minimum atomic E-state index is -5.00. The Labute approximate surface area is 631 Å². The van der Waals surface area contributed by atoms with Crippen LogP contribution in [-0.4, -0.2) is 96.7 Å². The van der Waals surface area contributed by atoms with Crippen molar-refractivity contribution in [2.75, 3.05) is 39.6 Å². The van der Waals surface area contributed by atoms with Crippen molar-refractivity contribution >= 4 is 39.5 Å². The van der Waals surface area contributed by atoms with Crippen LogP contribution in [0.4, 0.5) is 0 Å². The Bertz CT molecular complexity index is 2490. The van der Waals surface area contributed by atoms with Crippen molar-refractivity contribution in [1.82, 2.24) is 0 Å². The fraction of sp³-hybridized carbons (Fsp3) is 0.694. The molecular weight excluding hydrogens is 1350 g/mol. The molecule has 2 unspecified atom stereocenters. The number of ether oxygens (including phenoxy) is 4. The number of allylic oxidation sites excluding steroid dienone is 22. The summed E-state index contributed by atoms with van der Waals surface area (Å²) in [6.45, 7) is 4.55. The van der Waals surface area contributed by atoms with E-state index in [9.17, 15) is 43.2 Å². The maximum atomic E-state index is 13.1. The normalized spacial score (nSPS) is 14.6. The Morgan fingerprint density at radius 3 is 0.827 bits per heavy atom. The molecule has 0 saturated carbocycles. The summed E-state index contributed by atoms with van der Waals surface area (Å²) in [4.78, 5) is 73.0. The molecular formula is C85H144O17P2. The molecule has 17 nitrogen and oxygen atoms in total. The summed E-state index contributed by atoms with van der Waals surface area (Å²) in [6, 6.07) is 0. The molecule has 0 bridgehead atoms. The molecule has 596 valence electrons. The molecule has 0 aliphatic rings. The molecule has 0 aromatic carbocycles. The summed E-state index contributed by atoms with van der Waals surface area (Å²) in [6.07, 6.45) is 85.9. The van der Waals surface area contributed by atoms with E-state index in [2.05, 4.69) is 143 Å². The van der Waals surface area contributed by atoms with Crippen LogP contribution in [0.25, 0.3) is 0 Å². The van der Waals surface area contributed by atoms with Crippen molar-refractivity contribution in [3.05, 3.63) is 134 Å². The first-order valence-electron chi connectivity index (χ1n) is 40.4. The Hall–Kier alpha value is -4.80. The number of esters is 4. The molecule has 3 N–H and O–H groups in total. The van der Waals surface area contributed by atoms with Gasteiger partial charge >= 0.3 is 39.5 Å². The predicted octanol–water partition coefficient (Wildman–Crippen LogP) is 23.7. The zero-order valence-corrected chi connectivity index (χ0v) is 66.9. The lowest BCUT2D eigenvalue weighted by Gasteiger charge is -2.21. The van der Waals surface area contributed by atoms with Gasteiger partial charge in [0.1, 0.15) is 19.3 Å². The number of hydrogen-bond donors (Lipinski definition) is 3. The third-order valence-corrected chi connectivity index (χ3v) is 18.6. The first kappa shape index (κ1) is 99.2. The van der Waals surface area contributed by atoms with Crippen molar-refractivity contribution in [1.29, 1.82) is 0 Å². The van der Waals surface area contributed by atoms with Crippen molar-refractivity contribution < 1.29 is 80.2 Å². The molecule has 0 amide bonds. The van der Waals surface area contributed by atoms with Gasteiger partial charge < -0.3 is 33.8 Å². The fourth-order valence-electron chi connectivity index (χ4n) is 10.6. The predicted molar refractivity (Wildman–Crippen MR) is 427 cm³/mol. The van der Waals surface area contributed by atoms with Crippen LogP contribution in [0.1, 0.15) is 323 Å². The van der Waals surface area contributed by atoms with Gasteiger partial charge in [0.15, 0.2) is 12.2 Å². The van der Waals surface area contributed by atoms with E-state index in [1.807, 2.05) is 18.2 Å². The first-order chi connectivity index (χ1) is 50.7. The number of hydrogen-bond acceptors (Lipinski definition) is 15.